The van der Waals surface area contributed by atoms with Crippen LogP contribution in [-0.2, 0) is 16.0 Å². The molecule has 0 aromatic heterocycles. The molecular formula is C14H14F3NO2. The lowest BCUT2D eigenvalue weighted by Gasteiger charge is -2.31. The van der Waals surface area contributed by atoms with Gasteiger partial charge in [0.05, 0.1) is 0 Å². The topological polar surface area (TPSA) is 46.2 Å². The first-order chi connectivity index (χ1) is 9.32. The monoisotopic (exact) mass is 285 g/mol. The van der Waals surface area contributed by atoms with E-state index in [0.29, 0.717) is 18.5 Å². The van der Waals surface area contributed by atoms with Gasteiger partial charge in [0.25, 0.3) is 0 Å². The zero-order valence-electron chi connectivity index (χ0n) is 10.8. The second kappa shape index (κ2) is 5.36. The highest BCUT2D eigenvalue weighted by molar-refractivity contribution is 6.04. The van der Waals surface area contributed by atoms with E-state index in [1.807, 2.05) is 0 Å². The number of ketones is 2. The van der Waals surface area contributed by atoms with Gasteiger partial charge in [-0.05, 0) is 31.0 Å². The Morgan fingerprint density at radius 2 is 1.95 bits per heavy atom. The van der Waals surface area contributed by atoms with Gasteiger partial charge in [0, 0.05) is 6.04 Å². The van der Waals surface area contributed by atoms with Crippen LogP contribution in [0.1, 0.15) is 24.1 Å². The van der Waals surface area contributed by atoms with Crippen LogP contribution in [0.15, 0.2) is 24.3 Å². The predicted molar refractivity (Wildman–Crippen MR) is 66.1 cm³/mol. The molecule has 1 aromatic rings. The lowest BCUT2D eigenvalue weighted by atomic mass is 9.82. The lowest BCUT2D eigenvalue weighted by Crippen LogP contribution is -2.45. The number of carbonyl (C=O) groups excluding carboxylic acids is 2. The number of halogens is 3. The summed E-state index contributed by atoms with van der Waals surface area (Å²) in [7, 11) is 0. The number of benzene rings is 1. The number of rotatable bonds is 3. The molecule has 1 N–H and O–H groups in total. The maximum atomic E-state index is 12.7. The Morgan fingerprint density at radius 1 is 1.30 bits per heavy atom. The molecule has 1 heterocycles. The molecule has 0 bridgehead atoms. The van der Waals surface area contributed by atoms with Gasteiger partial charge in [-0.2, -0.15) is 13.2 Å². The van der Waals surface area contributed by atoms with Crippen molar-refractivity contribution in [3.8, 4) is 0 Å². The molecule has 0 saturated carbocycles. The number of fused-ring (bicyclic) bond motifs is 1. The van der Waals surface area contributed by atoms with E-state index in [1.54, 1.807) is 24.3 Å². The van der Waals surface area contributed by atoms with Crippen LogP contribution < -0.4 is 5.32 Å². The first-order valence-corrected chi connectivity index (χ1v) is 6.25. The SMILES string of the molecule is CC(=O)[C@H](C(=O)C(F)(F)F)[C@H]1NCCc2ccccc21. The van der Waals surface area contributed by atoms with Crippen LogP contribution in [0, 0.1) is 5.92 Å². The van der Waals surface area contributed by atoms with Crippen molar-refractivity contribution in [3.63, 3.8) is 0 Å². The van der Waals surface area contributed by atoms with Crippen molar-refractivity contribution in [2.24, 2.45) is 5.92 Å². The van der Waals surface area contributed by atoms with Crippen LogP contribution in [0.2, 0.25) is 0 Å². The van der Waals surface area contributed by atoms with Crippen LogP contribution in [-0.4, -0.2) is 24.3 Å². The molecule has 20 heavy (non-hydrogen) atoms. The van der Waals surface area contributed by atoms with Crippen molar-refractivity contribution in [1.29, 1.82) is 0 Å². The van der Waals surface area contributed by atoms with E-state index < -0.39 is 29.7 Å². The summed E-state index contributed by atoms with van der Waals surface area (Å²) in [4.78, 5) is 23.1. The maximum Gasteiger partial charge on any atom is 0.450 e. The maximum absolute atomic E-state index is 12.7. The van der Waals surface area contributed by atoms with Gasteiger partial charge in [0.2, 0.25) is 5.78 Å². The van der Waals surface area contributed by atoms with Crippen molar-refractivity contribution >= 4 is 11.6 Å². The molecule has 1 aromatic carbocycles. The molecule has 0 saturated heterocycles. The fraction of sp³-hybridized carbons (Fsp3) is 0.429. The van der Waals surface area contributed by atoms with Crippen molar-refractivity contribution in [1.82, 2.24) is 5.32 Å². The minimum absolute atomic E-state index is 0.441. The van der Waals surface area contributed by atoms with Crippen LogP contribution in [0.4, 0.5) is 13.2 Å². The molecule has 1 aliphatic rings. The quantitative estimate of drug-likeness (QED) is 0.866. The lowest BCUT2D eigenvalue weighted by molar-refractivity contribution is -0.177. The van der Waals surface area contributed by atoms with Gasteiger partial charge in [0.15, 0.2) is 0 Å². The van der Waals surface area contributed by atoms with Gasteiger partial charge in [-0.3, -0.25) is 9.59 Å². The Bertz CT molecular complexity index is 539. The van der Waals surface area contributed by atoms with Crippen molar-refractivity contribution in [3.05, 3.63) is 35.4 Å². The number of carbonyl (C=O) groups is 2. The third kappa shape index (κ3) is 2.75. The summed E-state index contributed by atoms with van der Waals surface area (Å²) in [6, 6.07) is 6.03. The van der Waals surface area contributed by atoms with E-state index in [0.717, 1.165) is 12.5 Å². The Hall–Kier alpha value is -1.69. The minimum Gasteiger partial charge on any atom is -0.309 e. The molecule has 0 amide bonds. The van der Waals surface area contributed by atoms with Crippen LogP contribution in [0.3, 0.4) is 0 Å². The highest BCUT2D eigenvalue weighted by Crippen LogP contribution is 2.34. The van der Waals surface area contributed by atoms with Gasteiger partial charge in [-0.25, -0.2) is 0 Å². The van der Waals surface area contributed by atoms with E-state index in [1.165, 1.54) is 0 Å². The van der Waals surface area contributed by atoms with E-state index in [2.05, 4.69) is 5.32 Å². The number of alkyl halides is 3. The molecule has 0 spiro atoms. The van der Waals surface area contributed by atoms with Crippen LogP contribution in [0.25, 0.3) is 0 Å². The second-order valence-corrected chi connectivity index (χ2v) is 4.83. The summed E-state index contributed by atoms with van der Waals surface area (Å²) < 4.78 is 38.0. The Balaban J connectivity index is 2.42. The number of Topliss-reactive ketones (excluding diaryl/α,β-unsaturated/α-hetero) is 2. The molecule has 0 radical (unpaired) electrons. The fourth-order valence-electron chi connectivity index (χ4n) is 2.58. The van der Waals surface area contributed by atoms with Crippen molar-refractivity contribution in [2.75, 3.05) is 6.54 Å². The highest BCUT2D eigenvalue weighted by Gasteiger charge is 2.49. The zero-order valence-corrected chi connectivity index (χ0v) is 10.8. The Kier molecular flexibility index (Phi) is 3.94. The Morgan fingerprint density at radius 3 is 2.55 bits per heavy atom. The summed E-state index contributed by atoms with van der Waals surface area (Å²) in [6.45, 7) is 1.46. The summed E-state index contributed by atoms with van der Waals surface area (Å²) in [6.07, 6.45) is -4.35. The highest BCUT2D eigenvalue weighted by atomic mass is 19.4. The van der Waals surface area contributed by atoms with E-state index >= 15 is 0 Å². The molecule has 108 valence electrons. The molecule has 1 aliphatic heterocycles. The number of hydrogen-bond donors (Lipinski definition) is 1. The number of nitrogens with one attached hydrogen (secondary N) is 1. The third-order valence-electron chi connectivity index (χ3n) is 3.48. The first kappa shape index (κ1) is 14.7. The van der Waals surface area contributed by atoms with E-state index in [4.69, 9.17) is 0 Å². The summed E-state index contributed by atoms with van der Waals surface area (Å²) in [5.74, 6) is -4.49. The minimum atomic E-state index is -5.01. The summed E-state index contributed by atoms with van der Waals surface area (Å²) in [5, 5.41) is 2.87. The van der Waals surface area contributed by atoms with Gasteiger partial charge < -0.3 is 5.32 Å². The van der Waals surface area contributed by atoms with Crippen molar-refractivity contribution in [2.45, 2.75) is 25.6 Å². The number of hydrogen-bond acceptors (Lipinski definition) is 3. The van der Waals surface area contributed by atoms with Crippen LogP contribution >= 0.6 is 0 Å². The molecular weight excluding hydrogens is 271 g/mol. The molecule has 3 nitrogen and oxygen atoms in total. The van der Waals surface area contributed by atoms with Gasteiger partial charge >= 0.3 is 6.18 Å². The van der Waals surface area contributed by atoms with Gasteiger partial charge in [-0.15, -0.1) is 0 Å². The average molecular weight is 285 g/mol. The van der Waals surface area contributed by atoms with Crippen molar-refractivity contribution < 1.29 is 22.8 Å². The molecule has 2 rings (SSSR count). The summed E-state index contributed by atoms with van der Waals surface area (Å²) in [5.41, 5.74) is 1.47. The van der Waals surface area contributed by atoms with Gasteiger partial charge in [-0.1, -0.05) is 24.3 Å². The third-order valence-corrected chi connectivity index (χ3v) is 3.48. The standard InChI is InChI=1S/C14H14F3NO2/c1-8(19)11(13(20)14(15,16)17)12-10-5-3-2-4-9(10)6-7-18-12/h2-5,11-12,18H,6-7H2,1H3/t11-,12-/m0/s1. The molecule has 6 heteroatoms. The van der Waals surface area contributed by atoms with E-state index in [9.17, 15) is 22.8 Å². The molecule has 0 aliphatic carbocycles. The normalized spacial score (nSPS) is 20.1. The fourth-order valence-corrected chi connectivity index (χ4v) is 2.58. The first-order valence-electron chi connectivity index (χ1n) is 6.25. The molecule has 0 fully saturated rings. The second-order valence-electron chi connectivity index (χ2n) is 4.83. The Labute approximate surface area is 114 Å². The van der Waals surface area contributed by atoms with E-state index in [-0.39, 0.29) is 0 Å². The molecule has 0 unspecified atom stereocenters. The molecule has 2 atom stereocenters. The predicted octanol–water partition coefficient (Wildman–Crippen LogP) is 2.21. The van der Waals surface area contributed by atoms with Gasteiger partial charge in [0.1, 0.15) is 11.7 Å². The van der Waals surface area contributed by atoms with Crippen LogP contribution in [0.5, 0.6) is 0 Å². The zero-order chi connectivity index (χ0) is 14.9. The largest absolute Gasteiger partial charge is 0.450 e. The summed E-state index contributed by atoms with van der Waals surface area (Å²) >= 11 is 0. The smallest absolute Gasteiger partial charge is 0.309 e. The average Bonchev–Trinajstić information content (AvgIpc) is 2.37.